The Morgan fingerprint density at radius 1 is 1.35 bits per heavy atom. The Hall–Kier alpha value is -2.37. The molecule has 1 saturated carbocycles. The Labute approximate surface area is 154 Å². The van der Waals surface area contributed by atoms with E-state index in [-0.39, 0.29) is 18.0 Å². The fourth-order valence-electron chi connectivity index (χ4n) is 3.30. The van der Waals surface area contributed by atoms with Crippen molar-refractivity contribution in [3.8, 4) is 17.0 Å². The molecule has 0 bridgehead atoms. The van der Waals surface area contributed by atoms with Crippen LogP contribution in [0.5, 0.6) is 5.88 Å². The van der Waals surface area contributed by atoms with Crippen LogP contribution in [0.15, 0.2) is 30.7 Å². The predicted octanol–water partition coefficient (Wildman–Crippen LogP) is 3.88. The topological polar surface area (TPSA) is 66.2 Å². The standard InChI is InChI=1S/C20H27N3O3/c1-5-25-20(24)19(13(2)3)23-12-16(11-22-23)15-6-7-21-18(10-15)26-17-8-14(4)9-17/h6-7,10-14,17,19H,5,8-9H2,1-4H3. The molecule has 1 aliphatic carbocycles. The molecule has 26 heavy (non-hydrogen) atoms. The number of ether oxygens (including phenoxy) is 2. The maximum atomic E-state index is 12.3. The van der Waals surface area contributed by atoms with Crippen molar-refractivity contribution in [2.75, 3.05) is 6.61 Å². The molecule has 3 rings (SSSR count). The second-order valence-electron chi connectivity index (χ2n) is 7.35. The summed E-state index contributed by atoms with van der Waals surface area (Å²) in [4.78, 5) is 16.6. The van der Waals surface area contributed by atoms with Gasteiger partial charge in [0.25, 0.3) is 0 Å². The van der Waals surface area contributed by atoms with Gasteiger partial charge in [-0.15, -0.1) is 0 Å². The van der Waals surface area contributed by atoms with Crippen LogP contribution in [-0.4, -0.2) is 33.4 Å². The Bertz CT molecular complexity index is 750. The zero-order valence-electron chi connectivity index (χ0n) is 15.9. The van der Waals surface area contributed by atoms with Gasteiger partial charge in [0.2, 0.25) is 5.88 Å². The summed E-state index contributed by atoms with van der Waals surface area (Å²) in [6.07, 6.45) is 7.82. The van der Waals surface area contributed by atoms with E-state index < -0.39 is 6.04 Å². The number of nitrogens with zero attached hydrogens (tertiary/aromatic N) is 3. The minimum atomic E-state index is -0.433. The van der Waals surface area contributed by atoms with Crippen LogP contribution in [0.2, 0.25) is 0 Å². The lowest BCUT2D eigenvalue weighted by Gasteiger charge is -2.32. The van der Waals surface area contributed by atoms with Gasteiger partial charge in [0.1, 0.15) is 6.10 Å². The first kappa shape index (κ1) is 18.4. The lowest BCUT2D eigenvalue weighted by Crippen LogP contribution is -2.32. The number of pyridine rings is 1. The molecule has 2 heterocycles. The van der Waals surface area contributed by atoms with Crippen LogP contribution in [0.4, 0.5) is 0 Å². The van der Waals surface area contributed by atoms with E-state index in [0.717, 1.165) is 29.9 Å². The number of aromatic nitrogens is 3. The lowest BCUT2D eigenvalue weighted by molar-refractivity contribution is -0.149. The first-order valence-electron chi connectivity index (χ1n) is 9.31. The van der Waals surface area contributed by atoms with Crippen LogP contribution >= 0.6 is 0 Å². The fraction of sp³-hybridized carbons (Fsp3) is 0.550. The summed E-state index contributed by atoms with van der Waals surface area (Å²) in [5.41, 5.74) is 1.90. The zero-order valence-corrected chi connectivity index (χ0v) is 15.9. The minimum absolute atomic E-state index is 0.0822. The van der Waals surface area contributed by atoms with Crippen molar-refractivity contribution in [3.63, 3.8) is 0 Å². The quantitative estimate of drug-likeness (QED) is 0.704. The van der Waals surface area contributed by atoms with E-state index in [2.05, 4.69) is 17.0 Å². The molecule has 1 atom stereocenters. The van der Waals surface area contributed by atoms with Gasteiger partial charge in [-0.2, -0.15) is 5.10 Å². The number of hydrogen-bond acceptors (Lipinski definition) is 5. The molecule has 140 valence electrons. The molecule has 1 unspecified atom stereocenters. The molecule has 0 spiro atoms. The Balaban J connectivity index is 1.77. The van der Waals surface area contributed by atoms with E-state index in [1.165, 1.54) is 0 Å². The van der Waals surface area contributed by atoms with Gasteiger partial charge in [0, 0.05) is 24.0 Å². The predicted molar refractivity (Wildman–Crippen MR) is 98.8 cm³/mol. The lowest BCUT2D eigenvalue weighted by atomic mass is 9.84. The summed E-state index contributed by atoms with van der Waals surface area (Å²) in [6.45, 7) is 8.38. The SMILES string of the molecule is CCOC(=O)C(C(C)C)n1cc(-c2ccnc(OC3CC(C)C3)c2)cn1. The molecule has 1 fully saturated rings. The van der Waals surface area contributed by atoms with E-state index in [9.17, 15) is 4.79 Å². The highest BCUT2D eigenvalue weighted by atomic mass is 16.5. The summed E-state index contributed by atoms with van der Waals surface area (Å²) in [5, 5.41) is 4.40. The van der Waals surface area contributed by atoms with E-state index in [4.69, 9.17) is 9.47 Å². The van der Waals surface area contributed by atoms with Gasteiger partial charge in [-0.3, -0.25) is 4.68 Å². The molecule has 6 nitrogen and oxygen atoms in total. The average molecular weight is 357 g/mol. The molecule has 0 amide bonds. The van der Waals surface area contributed by atoms with Crippen LogP contribution in [0.1, 0.15) is 46.6 Å². The largest absolute Gasteiger partial charge is 0.474 e. The number of esters is 1. The van der Waals surface area contributed by atoms with Crippen molar-refractivity contribution in [1.82, 2.24) is 14.8 Å². The summed E-state index contributed by atoms with van der Waals surface area (Å²) < 4.78 is 12.8. The van der Waals surface area contributed by atoms with Gasteiger partial charge in [-0.05, 0) is 43.2 Å². The number of rotatable bonds is 7. The molecule has 0 saturated heterocycles. The molecule has 0 aromatic carbocycles. The third kappa shape index (κ3) is 4.06. The van der Waals surface area contributed by atoms with Gasteiger partial charge >= 0.3 is 5.97 Å². The summed E-state index contributed by atoms with van der Waals surface area (Å²) in [5.74, 6) is 1.20. The molecule has 0 aliphatic heterocycles. The van der Waals surface area contributed by atoms with Crippen molar-refractivity contribution in [2.24, 2.45) is 11.8 Å². The molecular formula is C20H27N3O3. The molecule has 1 aliphatic rings. The zero-order chi connectivity index (χ0) is 18.7. The third-order valence-corrected chi connectivity index (χ3v) is 4.73. The summed E-state index contributed by atoms with van der Waals surface area (Å²) >= 11 is 0. The van der Waals surface area contributed by atoms with E-state index in [1.807, 2.05) is 39.1 Å². The first-order chi connectivity index (χ1) is 12.5. The molecule has 6 heteroatoms. The van der Waals surface area contributed by atoms with Gasteiger partial charge < -0.3 is 9.47 Å². The second kappa shape index (κ2) is 7.89. The number of hydrogen-bond donors (Lipinski definition) is 0. The maximum absolute atomic E-state index is 12.3. The first-order valence-corrected chi connectivity index (χ1v) is 9.31. The van der Waals surface area contributed by atoms with Crippen molar-refractivity contribution in [3.05, 3.63) is 30.7 Å². The smallest absolute Gasteiger partial charge is 0.331 e. The van der Waals surface area contributed by atoms with Gasteiger partial charge in [-0.25, -0.2) is 9.78 Å². The summed E-state index contributed by atoms with van der Waals surface area (Å²) in [7, 11) is 0. The van der Waals surface area contributed by atoms with Gasteiger partial charge in [0.05, 0.1) is 12.8 Å². The molecule has 0 N–H and O–H groups in total. The number of carbonyl (C=O) groups excluding carboxylic acids is 1. The Morgan fingerprint density at radius 3 is 2.77 bits per heavy atom. The fourth-order valence-corrected chi connectivity index (χ4v) is 3.30. The van der Waals surface area contributed by atoms with Crippen LogP contribution in [-0.2, 0) is 9.53 Å². The highest BCUT2D eigenvalue weighted by Crippen LogP contribution is 2.31. The van der Waals surface area contributed by atoms with Crippen molar-refractivity contribution >= 4 is 5.97 Å². The van der Waals surface area contributed by atoms with Crippen LogP contribution in [0.25, 0.3) is 11.1 Å². The normalized spacial score (nSPS) is 20.5. The summed E-state index contributed by atoms with van der Waals surface area (Å²) in [6, 6.07) is 3.42. The van der Waals surface area contributed by atoms with Crippen LogP contribution in [0, 0.1) is 11.8 Å². The Kier molecular flexibility index (Phi) is 5.59. The maximum Gasteiger partial charge on any atom is 0.331 e. The third-order valence-electron chi connectivity index (χ3n) is 4.73. The molecule has 0 radical (unpaired) electrons. The molecule has 2 aromatic rings. The monoisotopic (exact) mass is 357 g/mol. The van der Waals surface area contributed by atoms with E-state index in [1.54, 1.807) is 17.1 Å². The molecule has 2 aromatic heterocycles. The molecular weight excluding hydrogens is 330 g/mol. The van der Waals surface area contributed by atoms with E-state index in [0.29, 0.717) is 12.5 Å². The Morgan fingerprint density at radius 2 is 2.12 bits per heavy atom. The highest BCUT2D eigenvalue weighted by molar-refractivity contribution is 5.74. The highest BCUT2D eigenvalue weighted by Gasteiger charge is 2.28. The van der Waals surface area contributed by atoms with Crippen molar-refractivity contribution in [2.45, 2.75) is 52.7 Å². The minimum Gasteiger partial charge on any atom is -0.474 e. The van der Waals surface area contributed by atoms with Crippen LogP contribution < -0.4 is 4.74 Å². The van der Waals surface area contributed by atoms with Crippen molar-refractivity contribution in [1.29, 1.82) is 0 Å². The van der Waals surface area contributed by atoms with Crippen molar-refractivity contribution < 1.29 is 14.3 Å². The van der Waals surface area contributed by atoms with E-state index >= 15 is 0 Å². The van der Waals surface area contributed by atoms with Gasteiger partial charge in [-0.1, -0.05) is 20.8 Å². The average Bonchev–Trinajstić information content (AvgIpc) is 3.03. The van der Waals surface area contributed by atoms with Crippen LogP contribution in [0.3, 0.4) is 0 Å². The second-order valence-corrected chi connectivity index (χ2v) is 7.35. The number of carbonyl (C=O) groups is 1. The van der Waals surface area contributed by atoms with Gasteiger partial charge in [0.15, 0.2) is 6.04 Å².